The third kappa shape index (κ3) is 3.37. The van der Waals surface area contributed by atoms with Crippen LogP contribution in [-0.4, -0.2) is 36.0 Å². The molecular weight excluding hydrogens is 356 g/mol. The zero-order valence-electron chi connectivity index (χ0n) is 15.9. The van der Waals surface area contributed by atoms with Gasteiger partial charge in [-0.05, 0) is 68.8 Å². The molecule has 27 heavy (non-hydrogen) atoms. The van der Waals surface area contributed by atoms with Crippen LogP contribution < -0.4 is 16.8 Å². The van der Waals surface area contributed by atoms with E-state index in [0.717, 1.165) is 23.3 Å². The number of amides is 1. The van der Waals surface area contributed by atoms with Crippen molar-refractivity contribution in [3.63, 3.8) is 0 Å². The minimum Gasteiger partial charge on any atom is -0.398 e. The Balaban J connectivity index is 1.54. The van der Waals surface area contributed by atoms with Crippen LogP contribution in [0, 0.1) is 0 Å². The molecule has 2 bridgehead atoms. The maximum Gasteiger partial charge on any atom is 0.244 e. The van der Waals surface area contributed by atoms with Gasteiger partial charge in [-0.2, -0.15) is 0 Å². The fourth-order valence-corrected chi connectivity index (χ4v) is 5.31. The zero-order valence-corrected chi connectivity index (χ0v) is 16.8. The molecule has 2 aromatic rings. The smallest absolute Gasteiger partial charge is 0.244 e. The molecule has 0 saturated carbocycles. The molecule has 2 fully saturated rings. The van der Waals surface area contributed by atoms with Crippen molar-refractivity contribution >= 4 is 22.9 Å². The van der Waals surface area contributed by atoms with Gasteiger partial charge in [-0.15, -0.1) is 11.3 Å². The van der Waals surface area contributed by atoms with E-state index in [0.29, 0.717) is 23.3 Å². The maximum atomic E-state index is 13.1. The molecule has 3 unspecified atom stereocenters. The largest absolute Gasteiger partial charge is 0.398 e. The third-order valence-corrected chi connectivity index (χ3v) is 7.24. The number of thiophene rings is 1. The van der Waals surface area contributed by atoms with E-state index in [2.05, 4.69) is 23.3 Å². The Morgan fingerprint density at radius 1 is 1.26 bits per heavy atom. The normalized spacial score (nSPS) is 27.3. The summed E-state index contributed by atoms with van der Waals surface area (Å²) in [5.74, 6) is -0.147. The number of nitrogens with one attached hydrogen (secondary N) is 1. The molecule has 5 N–H and O–H groups in total. The molecule has 3 atom stereocenters. The number of nitrogen functional groups attached to an aromatic ring is 1. The van der Waals surface area contributed by atoms with Gasteiger partial charge in [-0.25, -0.2) is 0 Å². The monoisotopic (exact) mass is 384 g/mol. The van der Waals surface area contributed by atoms with Crippen molar-refractivity contribution in [1.82, 2.24) is 10.2 Å². The van der Waals surface area contributed by atoms with Gasteiger partial charge < -0.3 is 21.7 Å². The number of rotatable bonds is 4. The van der Waals surface area contributed by atoms with E-state index in [-0.39, 0.29) is 11.9 Å². The molecule has 2 aliphatic heterocycles. The Kier molecular flexibility index (Phi) is 4.74. The van der Waals surface area contributed by atoms with E-state index in [1.54, 1.807) is 18.3 Å². The molecule has 1 amide bonds. The van der Waals surface area contributed by atoms with E-state index in [4.69, 9.17) is 11.5 Å². The number of piperidine rings is 1. The first-order valence-corrected chi connectivity index (χ1v) is 10.5. The van der Waals surface area contributed by atoms with Crippen molar-refractivity contribution in [3.05, 3.63) is 41.3 Å². The molecule has 3 heterocycles. The van der Waals surface area contributed by atoms with Crippen LogP contribution in [0.5, 0.6) is 0 Å². The van der Waals surface area contributed by atoms with Crippen molar-refractivity contribution < 1.29 is 4.79 Å². The SMILES string of the molecule is CN1C2CCC1CC(NC(=O)C(C)(N)c1cc(-c3cccs3)ccc1N)C2. The molecule has 144 valence electrons. The van der Waals surface area contributed by atoms with Crippen molar-refractivity contribution in [1.29, 1.82) is 0 Å². The van der Waals surface area contributed by atoms with Gasteiger partial charge in [0, 0.05) is 34.3 Å². The van der Waals surface area contributed by atoms with Crippen LogP contribution in [0.4, 0.5) is 5.69 Å². The van der Waals surface area contributed by atoms with Gasteiger partial charge in [0.05, 0.1) is 0 Å². The highest BCUT2D eigenvalue weighted by molar-refractivity contribution is 7.13. The average Bonchev–Trinajstić information content (AvgIpc) is 3.22. The zero-order chi connectivity index (χ0) is 19.2. The fourth-order valence-electron chi connectivity index (χ4n) is 4.59. The lowest BCUT2D eigenvalue weighted by Gasteiger charge is -2.38. The van der Waals surface area contributed by atoms with Crippen molar-refractivity contribution in [3.8, 4) is 10.4 Å². The lowest BCUT2D eigenvalue weighted by atomic mass is 9.88. The topological polar surface area (TPSA) is 84.4 Å². The molecular formula is C21H28N4OS. The van der Waals surface area contributed by atoms with Crippen LogP contribution >= 0.6 is 11.3 Å². The highest BCUT2D eigenvalue weighted by Gasteiger charge is 2.41. The number of benzene rings is 1. The number of carbonyl (C=O) groups excluding carboxylic acids is 1. The highest BCUT2D eigenvalue weighted by atomic mass is 32.1. The number of fused-ring (bicyclic) bond motifs is 2. The van der Waals surface area contributed by atoms with Crippen molar-refractivity contribution in [2.24, 2.45) is 5.73 Å². The second-order valence-electron chi connectivity index (χ2n) is 8.17. The molecule has 6 heteroatoms. The van der Waals surface area contributed by atoms with E-state index in [1.165, 1.54) is 12.8 Å². The number of nitrogens with zero attached hydrogens (tertiary/aromatic N) is 1. The van der Waals surface area contributed by atoms with E-state index >= 15 is 0 Å². The molecule has 1 aromatic heterocycles. The third-order valence-electron chi connectivity index (χ3n) is 6.32. The molecule has 1 aromatic carbocycles. The summed E-state index contributed by atoms with van der Waals surface area (Å²) >= 11 is 1.66. The van der Waals surface area contributed by atoms with Crippen LogP contribution in [-0.2, 0) is 10.3 Å². The van der Waals surface area contributed by atoms with Crippen LogP contribution in [0.2, 0.25) is 0 Å². The number of nitrogens with two attached hydrogens (primary N) is 2. The molecule has 0 aliphatic carbocycles. The standard InChI is InChI=1S/C21H28N4OS/c1-21(23,17-10-13(5-8-18(17)22)19-4-3-9-27-19)20(26)24-14-11-15-6-7-16(12-14)25(15)2/h3-5,8-10,14-16H,6-7,11-12,22-23H2,1-2H3,(H,24,26). The number of carbonyl (C=O) groups is 1. The van der Waals surface area contributed by atoms with Gasteiger partial charge in [-0.3, -0.25) is 4.79 Å². The summed E-state index contributed by atoms with van der Waals surface area (Å²) in [4.78, 5) is 16.7. The quantitative estimate of drug-likeness (QED) is 0.708. The molecule has 2 aliphatic rings. The summed E-state index contributed by atoms with van der Waals surface area (Å²) in [6, 6.07) is 11.2. The summed E-state index contributed by atoms with van der Waals surface area (Å²) in [6.45, 7) is 1.76. The van der Waals surface area contributed by atoms with Crippen LogP contribution in [0.3, 0.4) is 0 Å². The Bertz CT molecular complexity index is 819. The molecule has 5 nitrogen and oxygen atoms in total. The second-order valence-corrected chi connectivity index (χ2v) is 9.12. The van der Waals surface area contributed by atoms with E-state index < -0.39 is 5.54 Å². The van der Waals surface area contributed by atoms with Crippen LogP contribution in [0.25, 0.3) is 10.4 Å². The fraction of sp³-hybridized carbons (Fsp3) is 0.476. The first kappa shape index (κ1) is 18.5. The van der Waals surface area contributed by atoms with Gasteiger partial charge in [0.15, 0.2) is 0 Å². The van der Waals surface area contributed by atoms with E-state index in [1.807, 2.05) is 29.6 Å². The maximum absolute atomic E-state index is 13.1. The summed E-state index contributed by atoms with van der Waals surface area (Å²) in [6.07, 6.45) is 4.45. The van der Waals surface area contributed by atoms with Gasteiger partial charge >= 0.3 is 0 Å². The summed E-state index contributed by atoms with van der Waals surface area (Å²) in [7, 11) is 2.20. The Labute approximate surface area is 164 Å². The first-order chi connectivity index (χ1) is 12.9. The van der Waals surface area contributed by atoms with Gasteiger partial charge in [0.25, 0.3) is 0 Å². The number of anilines is 1. The van der Waals surface area contributed by atoms with Gasteiger partial charge in [0.1, 0.15) is 5.54 Å². The lowest BCUT2D eigenvalue weighted by molar-refractivity contribution is -0.127. The Morgan fingerprint density at radius 2 is 1.96 bits per heavy atom. The molecule has 0 spiro atoms. The van der Waals surface area contributed by atoms with Gasteiger partial charge in [0.2, 0.25) is 5.91 Å². The second kappa shape index (κ2) is 6.93. The Hall–Kier alpha value is -1.89. The minimum atomic E-state index is -1.17. The van der Waals surface area contributed by atoms with Crippen molar-refractivity contribution in [2.45, 2.75) is 56.3 Å². The minimum absolute atomic E-state index is 0.147. The molecule has 0 radical (unpaired) electrons. The van der Waals surface area contributed by atoms with Gasteiger partial charge in [-0.1, -0.05) is 12.1 Å². The summed E-state index contributed by atoms with van der Waals surface area (Å²) in [5.41, 5.74) is 13.9. The lowest BCUT2D eigenvalue weighted by Crippen LogP contribution is -2.55. The van der Waals surface area contributed by atoms with Crippen LogP contribution in [0.15, 0.2) is 35.7 Å². The number of hydrogen-bond donors (Lipinski definition) is 3. The highest BCUT2D eigenvalue weighted by Crippen LogP contribution is 2.35. The summed E-state index contributed by atoms with van der Waals surface area (Å²) in [5, 5.41) is 5.25. The first-order valence-electron chi connectivity index (χ1n) is 9.62. The van der Waals surface area contributed by atoms with Crippen molar-refractivity contribution in [2.75, 3.05) is 12.8 Å². The van der Waals surface area contributed by atoms with Crippen LogP contribution in [0.1, 0.15) is 38.2 Å². The predicted octanol–water partition coefficient (Wildman–Crippen LogP) is 2.91. The molecule has 2 saturated heterocycles. The molecule has 4 rings (SSSR count). The number of hydrogen-bond acceptors (Lipinski definition) is 5. The average molecular weight is 385 g/mol. The van der Waals surface area contributed by atoms with E-state index in [9.17, 15) is 4.79 Å². The Morgan fingerprint density at radius 3 is 2.59 bits per heavy atom. The predicted molar refractivity (Wildman–Crippen MR) is 111 cm³/mol. The summed E-state index contributed by atoms with van der Waals surface area (Å²) < 4.78 is 0.